The molecule has 0 atom stereocenters. The van der Waals surface area contributed by atoms with E-state index in [2.05, 4.69) is 25.2 Å². The number of hydrogen-bond donors (Lipinski definition) is 2. The Kier molecular flexibility index (Phi) is 5.64. The molecule has 0 saturated carbocycles. The Bertz CT molecular complexity index is 1230. The minimum atomic E-state index is -0.378. The lowest BCUT2D eigenvalue weighted by Crippen LogP contribution is -2.47. The van der Waals surface area contributed by atoms with E-state index < -0.39 is 0 Å². The van der Waals surface area contributed by atoms with Gasteiger partial charge in [0.2, 0.25) is 0 Å². The molecule has 0 aliphatic carbocycles. The molecule has 2 N–H and O–H groups in total. The molecule has 10 heteroatoms. The summed E-state index contributed by atoms with van der Waals surface area (Å²) in [4.78, 5) is 43.7. The van der Waals surface area contributed by atoms with Gasteiger partial charge in [0.15, 0.2) is 0 Å². The van der Waals surface area contributed by atoms with Gasteiger partial charge >= 0.3 is 0 Å². The lowest BCUT2D eigenvalue weighted by molar-refractivity contribution is 0.0961. The number of fused-ring (bicyclic) bond motifs is 1. The summed E-state index contributed by atoms with van der Waals surface area (Å²) in [6.45, 7) is 5.79. The maximum Gasteiger partial charge on any atom is 0.264 e. The second-order valence-electron chi connectivity index (χ2n) is 7.74. The molecule has 31 heavy (non-hydrogen) atoms. The number of pyridine rings is 1. The fourth-order valence-corrected chi connectivity index (χ4v) is 3.98. The molecule has 4 rings (SSSR count). The van der Waals surface area contributed by atoms with Gasteiger partial charge in [0.05, 0.1) is 5.69 Å². The molecule has 1 saturated heterocycles. The number of carbonyl (C=O) groups is 1. The number of hydrogen-bond acceptors (Lipinski definition) is 6. The molecule has 0 spiro atoms. The second kappa shape index (κ2) is 8.38. The summed E-state index contributed by atoms with van der Waals surface area (Å²) in [7, 11) is 3.21. The molecular formula is C21H27N7O3. The van der Waals surface area contributed by atoms with Crippen molar-refractivity contribution < 1.29 is 4.79 Å². The number of aromatic amines is 1. The lowest BCUT2D eigenvalue weighted by atomic mass is 10.2. The molecule has 10 nitrogen and oxygen atoms in total. The van der Waals surface area contributed by atoms with Crippen molar-refractivity contribution in [2.45, 2.75) is 19.9 Å². The highest BCUT2D eigenvalue weighted by Gasteiger charge is 2.21. The number of aryl methyl sites for hydroxylation is 1. The monoisotopic (exact) mass is 425 g/mol. The molecule has 3 aromatic heterocycles. The number of nitrogens with one attached hydrogen (secondary N) is 2. The molecule has 0 aromatic carbocycles. The zero-order valence-electron chi connectivity index (χ0n) is 18.0. The van der Waals surface area contributed by atoms with Crippen LogP contribution in [0.15, 0.2) is 34.0 Å². The van der Waals surface area contributed by atoms with Gasteiger partial charge in [0.25, 0.3) is 17.0 Å². The summed E-state index contributed by atoms with van der Waals surface area (Å²) >= 11 is 0. The Labute approximate surface area is 179 Å². The molecule has 164 valence electrons. The average Bonchev–Trinajstić information content (AvgIpc) is 3.16. The number of amides is 1. The molecule has 4 heterocycles. The van der Waals surface area contributed by atoms with Gasteiger partial charge in [-0.3, -0.25) is 23.9 Å². The first kappa shape index (κ1) is 20.9. The van der Waals surface area contributed by atoms with Crippen molar-refractivity contribution in [3.8, 4) is 0 Å². The summed E-state index contributed by atoms with van der Waals surface area (Å²) in [6, 6.07) is 5.32. The van der Waals surface area contributed by atoms with E-state index in [4.69, 9.17) is 0 Å². The number of rotatable bonds is 5. The molecule has 0 bridgehead atoms. The molecular weight excluding hydrogens is 398 g/mol. The molecule has 0 radical (unpaired) electrons. The maximum atomic E-state index is 12.5. The van der Waals surface area contributed by atoms with Crippen LogP contribution in [0.25, 0.3) is 5.65 Å². The van der Waals surface area contributed by atoms with Gasteiger partial charge in [-0.15, -0.1) is 0 Å². The third-order valence-corrected chi connectivity index (χ3v) is 5.81. The summed E-state index contributed by atoms with van der Waals surface area (Å²) in [5, 5.41) is 7.10. The Morgan fingerprint density at radius 1 is 1.19 bits per heavy atom. The zero-order chi connectivity index (χ0) is 22.1. The SMILES string of the molecule is CCc1cn2nc(CN3CCN(c4ccc(C(=O)NC)c(=O)n4C)CC3)cc2[nH]c1=O. The molecule has 1 fully saturated rings. The van der Waals surface area contributed by atoms with Crippen molar-refractivity contribution >= 4 is 17.4 Å². The smallest absolute Gasteiger partial charge is 0.264 e. The normalized spacial score (nSPS) is 14.9. The molecule has 1 aliphatic heterocycles. The summed E-state index contributed by atoms with van der Waals surface area (Å²) < 4.78 is 3.26. The fourth-order valence-electron chi connectivity index (χ4n) is 3.98. The lowest BCUT2D eigenvalue weighted by Gasteiger charge is -2.36. The minimum absolute atomic E-state index is 0.0666. The first-order valence-corrected chi connectivity index (χ1v) is 10.4. The van der Waals surface area contributed by atoms with E-state index in [0.717, 1.165) is 37.7 Å². The molecule has 0 unspecified atom stereocenters. The van der Waals surface area contributed by atoms with Crippen molar-refractivity contribution in [3.63, 3.8) is 0 Å². The van der Waals surface area contributed by atoms with E-state index >= 15 is 0 Å². The van der Waals surface area contributed by atoms with Crippen LogP contribution in [0.1, 0.15) is 28.5 Å². The molecule has 1 aliphatic rings. The van der Waals surface area contributed by atoms with Crippen LogP contribution in [0.5, 0.6) is 0 Å². The van der Waals surface area contributed by atoms with Crippen molar-refractivity contribution in [1.29, 1.82) is 0 Å². The highest BCUT2D eigenvalue weighted by atomic mass is 16.2. The van der Waals surface area contributed by atoms with Gasteiger partial charge in [0.1, 0.15) is 17.0 Å². The minimum Gasteiger partial charge on any atom is -0.355 e. The van der Waals surface area contributed by atoms with E-state index in [-0.39, 0.29) is 22.6 Å². The van der Waals surface area contributed by atoms with E-state index in [9.17, 15) is 14.4 Å². The largest absolute Gasteiger partial charge is 0.355 e. The summed E-state index contributed by atoms with van der Waals surface area (Å²) in [5.74, 6) is 0.423. The quantitative estimate of drug-likeness (QED) is 0.594. The van der Waals surface area contributed by atoms with Gasteiger partial charge < -0.3 is 15.2 Å². The van der Waals surface area contributed by atoms with Crippen LogP contribution in [-0.2, 0) is 20.0 Å². The van der Waals surface area contributed by atoms with Crippen molar-refractivity contribution in [2.24, 2.45) is 7.05 Å². The number of carbonyl (C=O) groups excluding carboxylic acids is 1. The standard InChI is InChI=1S/C21H27N7O3/c1-4-14-12-28-17(23-19(14)29)11-15(24-28)13-26-7-9-27(10-8-26)18-6-5-16(20(30)22-2)21(31)25(18)3/h5-6,11-12H,4,7-10,13H2,1-3H3,(H,22,30)(H,23,29). The van der Waals surface area contributed by atoms with E-state index in [0.29, 0.717) is 24.2 Å². The number of H-pyrrole nitrogens is 1. The van der Waals surface area contributed by atoms with Crippen LogP contribution in [0.2, 0.25) is 0 Å². The van der Waals surface area contributed by atoms with Gasteiger partial charge in [0, 0.05) is 64.6 Å². The first-order chi connectivity index (χ1) is 14.9. The number of piperazine rings is 1. The predicted molar refractivity (Wildman–Crippen MR) is 118 cm³/mol. The van der Waals surface area contributed by atoms with Crippen LogP contribution in [0.4, 0.5) is 5.82 Å². The Balaban J connectivity index is 1.44. The van der Waals surface area contributed by atoms with Crippen LogP contribution in [-0.4, -0.2) is 63.2 Å². The molecule has 3 aromatic rings. The van der Waals surface area contributed by atoms with Gasteiger partial charge in [-0.1, -0.05) is 6.92 Å². The predicted octanol–water partition coefficient (Wildman–Crippen LogP) is -0.0345. The van der Waals surface area contributed by atoms with E-state index in [1.54, 1.807) is 23.8 Å². The van der Waals surface area contributed by atoms with E-state index in [1.807, 2.05) is 19.1 Å². The van der Waals surface area contributed by atoms with Crippen molar-refractivity contribution in [3.05, 3.63) is 61.9 Å². The number of aromatic nitrogens is 4. The van der Waals surface area contributed by atoms with Crippen molar-refractivity contribution in [1.82, 2.24) is 29.4 Å². The van der Waals surface area contributed by atoms with Crippen LogP contribution in [0.3, 0.4) is 0 Å². The Hall–Kier alpha value is -3.40. The summed E-state index contributed by atoms with van der Waals surface area (Å²) in [5.41, 5.74) is 2.08. The summed E-state index contributed by atoms with van der Waals surface area (Å²) in [6.07, 6.45) is 2.45. The van der Waals surface area contributed by atoms with Gasteiger partial charge in [-0.05, 0) is 18.6 Å². The van der Waals surface area contributed by atoms with Crippen LogP contribution >= 0.6 is 0 Å². The highest BCUT2D eigenvalue weighted by molar-refractivity contribution is 5.93. The number of anilines is 1. The maximum absolute atomic E-state index is 12.5. The van der Waals surface area contributed by atoms with Crippen molar-refractivity contribution in [2.75, 3.05) is 38.1 Å². The Morgan fingerprint density at radius 3 is 2.61 bits per heavy atom. The molecule has 1 amide bonds. The van der Waals surface area contributed by atoms with E-state index in [1.165, 1.54) is 11.6 Å². The van der Waals surface area contributed by atoms with Gasteiger partial charge in [-0.2, -0.15) is 5.10 Å². The van der Waals surface area contributed by atoms with Gasteiger partial charge in [-0.25, -0.2) is 4.52 Å². The zero-order valence-corrected chi connectivity index (χ0v) is 18.0. The highest BCUT2D eigenvalue weighted by Crippen LogP contribution is 2.16. The third-order valence-electron chi connectivity index (χ3n) is 5.81. The van der Waals surface area contributed by atoms with Crippen LogP contribution in [0, 0.1) is 0 Å². The first-order valence-electron chi connectivity index (χ1n) is 10.4. The Morgan fingerprint density at radius 2 is 1.94 bits per heavy atom. The topological polar surface area (TPSA) is 108 Å². The third kappa shape index (κ3) is 3.98. The number of nitrogens with zero attached hydrogens (tertiary/aromatic N) is 5. The second-order valence-corrected chi connectivity index (χ2v) is 7.74. The fraction of sp³-hybridized carbons (Fsp3) is 0.429. The van der Waals surface area contributed by atoms with Crippen LogP contribution < -0.4 is 21.3 Å². The average molecular weight is 425 g/mol.